The summed E-state index contributed by atoms with van der Waals surface area (Å²) in [4.78, 5) is 33.2. The van der Waals surface area contributed by atoms with Crippen LogP contribution in [-0.2, 0) is 24.7 Å². The summed E-state index contributed by atoms with van der Waals surface area (Å²) in [6, 6.07) is -0.495. The molecule has 0 saturated carbocycles. The molecule has 166 valence electrons. The van der Waals surface area contributed by atoms with E-state index in [-0.39, 0.29) is 23.7 Å². The van der Waals surface area contributed by atoms with Crippen LogP contribution in [0.4, 0.5) is 14.9 Å². The predicted molar refractivity (Wildman–Crippen MR) is 115 cm³/mol. The largest absolute Gasteiger partial charge is 0.444 e. The Morgan fingerprint density at radius 3 is 2.40 bits per heavy atom. The van der Waals surface area contributed by atoms with Crippen LogP contribution in [0.2, 0.25) is 0 Å². The number of rotatable bonds is 2. The molecule has 2 aromatic heterocycles. The van der Waals surface area contributed by atoms with Gasteiger partial charge in [0.25, 0.3) is 5.56 Å². The van der Waals surface area contributed by atoms with Crippen LogP contribution < -0.4 is 10.5 Å². The molecule has 0 N–H and O–H groups in total. The van der Waals surface area contributed by atoms with Crippen molar-refractivity contribution >= 4 is 34.5 Å². The van der Waals surface area contributed by atoms with Crippen molar-refractivity contribution in [1.29, 1.82) is 0 Å². The first-order valence-corrected chi connectivity index (χ1v) is 10.5. The highest BCUT2D eigenvalue weighted by Gasteiger charge is 2.37. The average molecular weight is 442 g/mol. The van der Waals surface area contributed by atoms with E-state index in [1.807, 2.05) is 39.5 Å². The molecular formula is C20H29ClFN5O3. The van der Waals surface area contributed by atoms with Crippen LogP contribution in [0.15, 0.2) is 4.79 Å². The second-order valence-electron chi connectivity index (χ2n) is 8.90. The number of amides is 1. The lowest BCUT2D eigenvalue weighted by Gasteiger charge is -2.45. The second kappa shape index (κ2) is 7.76. The minimum absolute atomic E-state index is 0.138. The Balaban J connectivity index is 2.05. The summed E-state index contributed by atoms with van der Waals surface area (Å²) in [7, 11) is 3.27. The SMILES string of the molecule is C[C@@H]1CN(c2c(F)c(=O)n(C)c3c2nc(CCl)n3C)[C@@H](C)CN1C(=O)OC(C)(C)C. The molecule has 1 amide bonds. The van der Waals surface area contributed by atoms with Crippen molar-refractivity contribution in [2.45, 2.75) is 58.2 Å². The van der Waals surface area contributed by atoms with E-state index in [9.17, 15) is 9.59 Å². The van der Waals surface area contributed by atoms with Crippen LogP contribution in [0.25, 0.3) is 11.2 Å². The van der Waals surface area contributed by atoms with Gasteiger partial charge in [-0.15, -0.1) is 11.6 Å². The van der Waals surface area contributed by atoms with E-state index in [1.54, 1.807) is 16.5 Å². The summed E-state index contributed by atoms with van der Waals surface area (Å²) in [6.45, 7) is 9.89. The number of imidazole rings is 1. The van der Waals surface area contributed by atoms with Gasteiger partial charge in [0, 0.05) is 39.3 Å². The lowest BCUT2D eigenvalue weighted by Crippen LogP contribution is -2.59. The van der Waals surface area contributed by atoms with Gasteiger partial charge in [0.1, 0.15) is 28.3 Å². The first-order chi connectivity index (χ1) is 13.9. The van der Waals surface area contributed by atoms with Gasteiger partial charge in [0.2, 0.25) is 5.82 Å². The second-order valence-corrected chi connectivity index (χ2v) is 9.17. The van der Waals surface area contributed by atoms with Gasteiger partial charge in [0.15, 0.2) is 0 Å². The number of aryl methyl sites for hydroxylation is 2. The van der Waals surface area contributed by atoms with Crippen molar-refractivity contribution in [3.63, 3.8) is 0 Å². The highest BCUT2D eigenvalue weighted by molar-refractivity contribution is 6.16. The lowest BCUT2D eigenvalue weighted by molar-refractivity contribution is 0.0130. The Morgan fingerprint density at radius 2 is 1.83 bits per heavy atom. The van der Waals surface area contributed by atoms with Crippen LogP contribution in [-0.4, -0.2) is 55.9 Å². The number of pyridine rings is 1. The molecular weight excluding hydrogens is 413 g/mol. The van der Waals surface area contributed by atoms with Crippen LogP contribution in [0.3, 0.4) is 0 Å². The fraction of sp³-hybridized carbons (Fsp3) is 0.650. The molecule has 0 bridgehead atoms. The van der Waals surface area contributed by atoms with Crippen molar-refractivity contribution in [2.24, 2.45) is 14.1 Å². The van der Waals surface area contributed by atoms with E-state index in [4.69, 9.17) is 16.3 Å². The number of carbonyl (C=O) groups is 1. The highest BCUT2D eigenvalue weighted by Crippen LogP contribution is 2.32. The maximum atomic E-state index is 15.2. The fourth-order valence-electron chi connectivity index (χ4n) is 3.92. The molecule has 0 unspecified atom stereocenters. The number of hydrogen-bond donors (Lipinski definition) is 0. The number of halogens is 2. The van der Waals surface area contributed by atoms with Gasteiger partial charge in [-0.05, 0) is 34.6 Å². The fourth-order valence-corrected chi connectivity index (χ4v) is 4.16. The number of carbonyl (C=O) groups excluding carboxylic acids is 1. The molecule has 30 heavy (non-hydrogen) atoms. The number of aromatic nitrogens is 3. The predicted octanol–water partition coefficient (Wildman–Crippen LogP) is 2.98. The third-order valence-electron chi connectivity index (χ3n) is 5.42. The van der Waals surface area contributed by atoms with Gasteiger partial charge in [-0.25, -0.2) is 9.78 Å². The molecule has 8 nitrogen and oxygen atoms in total. The molecule has 2 atom stereocenters. The Morgan fingerprint density at radius 1 is 1.20 bits per heavy atom. The number of fused-ring (bicyclic) bond motifs is 1. The Labute approximate surface area is 180 Å². The van der Waals surface area contributed by atoms with E-state index >= 15 is 4.39 Å². The van der Waals surface area contributed by atoms with Crippen molar-refractivity contribution in [1.82, 2.24) is 19.0 Å². The number of nitrogens with zero attached hydrogens (tertiary/aromatic N) is 5. The van der Waals surface area contributed by atoms with Crippen LogP contribution in [0.5, 0.6) is 0 Å². The molecule has 0 aromatic carbocycles. The number of hydrogen-bond acceptors (Lipinski definition) is 5. The standard InChI is InChI=1S/C20H29ClFN5O3/c1-11-10-27(19(29)30-20(3,4)5)12(2)9-26(11)16-14(22)18(28)25(7)17-15(16)23-13(8-21)24(17)6/h11-12H,8-10H2,1-7H3/t11-,12+/m0/s1. The summed E-state index contributed by atoms with van der Waals surface area (Å²) < 4.78 is 23.7. The first-order valence-electron chi connectivity index (χ1n) is 9.93. The molecule has 1 fully saturated rings. The molecule has 3 heterocycles. The molecule has 1 saturated heterocycles. The number of alkyl halides is 1. The molecule has 3 rings (SSSR count). The van der Waals surface area contributed by atoms with Crippen LogP contribution in [0.1, 0.15) is 40.4 Å². The zero-order chi connectivity index (χ0) is 22.5. The van der Waals surface area contributed by atoms with Crippen LogP contribution >= 0.6 is 11.6 Å². The summed E-state index contributed by atoms with van der Waals surface area (Å²) in [6.07, 6.45) is -0.404. The van der Waals surface area contributed by atoms with Crippen molar-refractivity contribution in [3.8, 4) is 0 Å². The van der Waals surface area contributed by atoms with Crippen molar-refractivity contribution < 1.29 is 13.9 Å². The Hall–Kier alpha value is -2.29. The summed E-state index contributed by atoms with van der Waals surface area (Å²) in [5, 5.41) is 0. The van der Waals surface area contributed by atoms with E-state index < -0.39 is 23.1 Å². The maximum absolute atomic E-state index is 15.2. The minimum Gasteiger partial charge on any atom is -0.444 e. The molecule has 0 radical (unpaired) electrons. The molecule has 1 aliphatic heterocycles. The summed E-state index contributed by atoms with van der Waals surface area (Å²) in [5.74, 6) is -0.172. The Bertz CT molecular complexity index is 1040. The lowest BCUT2D eigenvalue weighted by atomic mass is 10.1. The third-order valence-corrected chi connectivity index (χ3v) is 5.66. The van der Waals surface area contributed by atoms with Gasteiger partial charge in [0.05, 0.1) is 5.88 Å². The third kappa shape index (κ3) is 3.75. The zero-order valence-electron chi connectivity index (χ0n) is 18.5. The smallest absolute Gasteiger partial charge is 0.410 e. The van der Waals surface area contributed by atoms with Gasteiger partial charge in [-0.3, -0.25) is 9.36 Å². The van der Waals surface area contributed by atoms with Gasteiger partial charge >= 0.3 is 6.09 Å². The molecule has 2 aromatic rings. The minimum atomic E-state index is -0.853. The van der Waals surface area contributed by atoms with E-state index in [0.29, 0.717) is 30.1 Å². The van der Waals surface area contributed by atoms with Gasteiger partial charge < -0.3 is 19.1 Å². The number of piperazine rings is 1. The van der Waals surface area contributed by atoms with E-state index in [0.717, 1.165) is 0 Å². The van der Waals surface area contributed by atoms with Crippen LogP contribution in [0, 0.1) is 5.82 Å². The normalized spacial score (nSPS) is 20.2. The summed E-state index contributed by atoms with van der Waals surface area (Å²) in [5.41, 5.74) is -0.286. The first kappa shape index (κ1) is 22.4. The van der Waals surface area contributed by atoms with E-state index in [2.05, 4.69) is 4.98 Å². The van der Waals surface area contributed by atoms with E-state index in [1.165, 1.54) is 11.6 Å². The molecule has 0 spiro atoms. The van der Waals surface area contributed by atoms with Gasteiger partial charge in [-0.2, -0.15) is 4.39 Å². The number of anilines is 1. The van der Waals surface area contributed by atoms with Gasteiger partial charge in [-0.1, -0.05) is 0 Å². The zero-order valence-corrected chi connectivity index (χ0v) is 19.2. The molecule has 10 heteroatoms. The maximum Gasteiger partial charge on any atom is 0.410 e. The summed E-state index contributed by atoms with van der Waals surface area (Å²) >= 11 is 6.00. The highest BCUT2D eigenvalue weighted by atomic mass is 35.5. The Kier molecular flexibility index (Phi) is 5.79. The molecule has 0 aliphatic carbocycles. The quantitative estimate of drug-likeness (QED) is 0.670. The average Bonchev–Trinajstić information content (AvgIpc) is 2.97. The van der Waals surface area contributed by atoms with Crippen molar-refractivity contribution in [2.75, 3.05) is 18.0 Å². The monoisotopic (exact) mass is 441 g/mol. The molecule has 1 aliphatic rings. The van der Waals surface area contributed by atoms with Crippen molar-refractivity contribution in [3.05, 3.63) is 22.0 Å². The topological polar surface area (TPSA) is 72.6 Å². The number of ether oxygens (including phenoxy) is 1.